The number of nitrogens with one attached hydrogen (secondary N) is 1. The molecule has 0 radical (unpaired) electrons. The number of morpholine rings is 1. The van der Waals surface area contributed by atoms with Gasteiger partial charge < -0.3 is 15.0 Å². The molecular formula is C10H16N2O2. The Bertz CT molecular complexity index is 237. The minimum Gasteiger partial charge on any atom is -0.378 e. The van der Waals surface area contributed by atoms with Crippen LogP contribution >= 0.6 is 0 Å². The smallest absolute Gasteiger partial charge is 0.239 e. The van der Waals surface area contributed by atoms with Gasteiger partial charge in [-0.05, 0) is 18.8 Å². The third kappa shape index (κ3) is 1.42. The molecule has 2 saturated heterocycles. The molecule has 2 heterocycles. The lowest BCUT2D eigenvalue weighted by atomic mass is 10.1. The van der Waals surface area contributed by atoms with Crippen LogP contribution in [0.1, 0.15) is 12.8 Å². The summed E-state index contributed by atoms with van der Waals surface area (Å²) in [5.74, 6) is 1.09. The highest BCUT2D eigenvalue weighted by molar-refractivity contribution is 5.82. The van der Waals surface area contributed by atoms with E-state index in [-0.39, 0.29) is 6.04 Å². The Morgan fingerprint density at radius 1 is 1.29 bits per heavy atom. The summed E-state index contributed by atoms with van der Waals surface area (Å²) in [5, 5.41) is 3.39. The van der Waals surface area contributed by atoms with Crippen LogP contribution < -0.4 is 5.32 Å². The summed E-state index contributed by atoms with van der Waals surface area (Å²) in [6, 6.07) is 0.766. The molecule has 4 nitrogen and oxygen atoms in total. The van der Waals surface area contributed by atoms with Crippen LogP contribution in [0.15, 0.2) is 0 Å². The average Bonchev–Trinajstić information content (AvgIpc) is 2.86. The Balaban J connectivity index is 1.58. The van der Waals surface area contributed by atoms with E-state index < -0.39 is 0 Å². The van der Waals surface area contributed by atoms with Gasteiger partial charge in [0, 0.05) is 19.1 Å². The van der Waals surface area contributed by atoms with Crippen LogP contribution in [0.2, 0.25) is 0 Å². The molecule has 3 fully saturated rings. The van der Waals surface area contributed by atoms with Crippen LogP contribution in [0.25, 0.3) is 0 Å². The summed E-state index contributed by atoms with van der Waals surface area (Å²) >= 11 is 0. The van der Waals surface area contributed by atoms with Gasteiger partial charge in [0.25, 0.3) is 0 Å². The predicted octanol–water partition coefficient (Wildman–Crippen LogP) is -0.404. The van der Waals surface area contributed by atoms with Crippen molar-refractivity contribution >= 4 is 5.91 Å². The molecule has 3 aliphatic rings. The zero-order chi connectivity index (χ0) is 9.54. The van der Waals surface area contributed by atoms with E-state index in [9.17, 15) is 4.79 Å². The molecule has 14 heavy (non-hydrogen) atoms. The summed E-state index contributed by atoms with van der Waals surface area (Å²) < 4.78 is 5.23. The maximum absolute atomic E-state index is 12.0. The largest absolute Gasteiger partial charge is 0.378 e. The highest BCUT2D eigenvalue weighted by atomic mass is 16.5. The van der Waals surface area contributed by atoms with E-state index in [1.54, 1.807) is 0 Å². The molecule has 0 aromatic rings. The van der Waals surface area contributed by atoms with E-state index in [0.29, 0.717) is 25.2 Å². The highest BCUT2D eigenvalue weighted by Crippen LogP contribution is 2.40. The lowest BCUT2D eigenvalue weighted by Gasteiger charge is -2.29. The fourth-order valence-electron chi connectivity index (χ4n) is 2.52. The third-order valence-electron chi connectivity index (χ3n) is 3.50. The first-order valence-electron chi connectivity index (χ1n) is 5.47. The van der Waals surface area contributed by atoms with E-state index in [2.05, 4.69) is 5.32 Å². The van der Waals surface area contributed by atoms with Gasteiger partial charge in [-0.25, -0.2) is 0 Å². The molecule has 0 aromatic heterocycles. The number of rotatable bonds is 1. The molecule has 3 rings (SSSR count). The molecule has 4 heteroatoms. The second kappa shape index (κ2) is 3.21. The fourth-order valence-corrected chi connectivity index (χ4v) is 2.52. The van der Waals surface area contributed by atoms with Gasteiger partial charge in [-0.3, -0.25) is 4.79 Å². The summed E-state index contributed by atoms with van der Waals surface area (Å²) in [7, 11) is 0. The van der Waals surface area contributed by atoms with Crippen molar-refractivity contribution in [2.75, 3.05) is 26.3 Å². The van der Waals surface area contributed by atoms with E-state index in [1.165, 1.54) is 6.42 Å². The van der Waals surface area contributed by atoms with Crippen LogP contribution in [-0.4, -0.2) is 49.2 Å². The SMILES string of the molecule is O=C([C@@H]1C[C@H]2C[C@H]2N1)N1CCOCC1. The summed E-state index contributed by atoms with van der Waals surface area (Å²) in [6.07, 6.45) is 2.34. The van der Waals surface area contributed by atoms with Crippen molar-refractivity contribution in [3.8, 4) is 0 Å². The van der Waals surface area contributed by atoms with Gasteiger partial charge in [-0.2, -0.15) is 0 Å². The maximum Gasteiger partial charge on any atom is 0.239 e. The molecule has 0 bridgehead atoms. The van der Waals surface area contributed by atoms with Gasteiger partial charge in [-0.15, -0.1) is 0 Å². The van der Waals surface area contributed by atoms with Crippen molar-refractivity contribution in [1.82, 2.24) is 10.2 Å². The Kier molecular flexibility index (Phi) is 1.99. The van der Waals surface area contributed by atoms with Gasteiger partial charge in [-0.1, -0.05) is 0 Å². The van der Waals surface area contributed by atoms with Crippen LogP contribution in [-0.2, 0) is 9.53 Å². The predicted molar refractivity (Wildman–Crippen MR) is 50.8 cm³/mol. The number of ether oxygens (including phenoxy) is 1. The molecule has 1 N–H and O–H groups in total. The third-order valence-corrected chi connectivity index (χ3v) is 3.50. The van der Waals surface area contributed by atoms with Gasteiger partial charge in [0.05, 0.1) is 19.3 Å². The standard InChI is InChI=1S/C10H16N2O2/c13-10(12-1-3-14-4-2-12)9-6-7-5-8(7)11-9/h7-9,11H,1-6H2/t7-,8-,9+/m1/s1. The number of carbonyl (C=O) groups excluding carboxylic acids is 1. The van der Waals surface area contributed by atoms with E-state index in [4.69, 9.17) is 4.74 Å². The quantitative estimate of drug-likeness (QED) is 0.620. The molecular weight excluding hydrogens is 180 g/mol. The number of nitrogens with zero attached hydrogens (tertiary/aromatic N) is 1. The number of piperidine rings is 1. The highest BCUT2D eigenvalue weighted by Gasteiger charge is 2.48. The molecule has 0 aromatic carbocycles. The van der Waals surface area contributed by atoms with E-state index >= 15 is 0 Å². The molecule has 78 valence electrons. The Hall–Kier alpha value is -0.610. The second-order valence-electron chi connectivity index (χ2n) is 4.49. The van der Waals surface area contributed by atoms with Gasteiger partial charge in [0.2, 0.25) is 5.91 Å². The Morgan fingerprint density at radius 2 is 2.07 bits per heavy atom. The zero-order valence-corrected chi connectivity index (χ0v) is 8.24. The minimum atomic E-state index is 0.108. The monoisotopic (exact) mass is 196 g/mol. The lowest BCUT2D eigenvalue weighted by molar-refractivity contribution is -0.137. The van der Waals surface area contributed by atoms with E-state index in [0.717, 1.165) is 25.4 Å². The van der Waals surface area contributed by atoms with Crippen molar-refractivity contribution < 1.29 is 9.53 Å². The van der Waals surface area contributed by atoms with Gasteiger partial charge >= 0.3 is 0 Å². The Morgan fingerprint density at radius 3 is 2.71 bits per heavy atom. The summed E-state index contributed by atoms with van der Waals surface area (Å²) in [6.45, 7) is 2.94. The number of carbonyl (C=O) groups is 1. The van der Waals surface area contributed by atoms with Crippen LogP contribution in [0.3, 0.4) is 0 Å². The average molecular weight is 196 g/mol. The van der Waals surface area contributed by atoms with Gasteiger partial charge in [0.1, 0.15) is 0 Å². The number of hydrogen-bond donors (Lipinski definition) is 1. The number of hydrogen-bond acceptors (Lipinski definition) is 3. The molecule has 3 atom stereocenters. The molecule has 0 spiro atoms. The van der Waals surface area contributed by atoms with Crippen molar-refractivity contribution in [3.63, 3.8) is 0 Å². The van der Waals surface area contributed by atoms with Crippen LogP contribution in [0, 0.1) is 5.92 Å². The first kappa shape index (κ1) is 8.68. The van der Waals surface area contributed by atoms with Crippen molar-refractivity contribution in [2.24, 2.45) is 5.92 Å². The normalized spacial score (nSPS) is 40.9. The first-order chi connectivity index (χ1) is 6.84. The molecule has 2 aliphatic heterocycles. The second-order valence-corrected chi connectivity index (χ2v) is 4.49. The minimum absolute atomic E-state index is 0.108. The van der Waals surface area contributed by atoms with Gasteiger partial charge in [0.15, 0.2) is 0 Å². The Labute approximate surface area is 83.6 Å². The summed E-state index contributed by atoms with van der Waals surface area (Å²) in [5.41, 5.74) is 0. The first-order valence-corrected chi connectivity index (χ1v) is 5.47. The molecule has 1 amide bonds. The molecule has 0 unspecified atom stereocenters. The van der Waals surface area contributed by atoms with Crippen LogP contribution in [0.5, 0.6) is 0 Å². The van der Waals surface area contributed by atoms with Crippen LogP contribution in [0.4, 0.5) is 0 Å². The van der Waals surface area contributed by atoms with E-state index in [1.807, 2.05) is 4.90 Å². The topological polar surface area (TPSA) is 41.6 Å². The maximum atomic E-state index is 12.0. The number of fused-ring (bicyclic) bond motifs is 1. The van der Waals surface area contributed by atoms with Crippen molar-refractivity contribution in [3.05, 3.63) is 0 Å². The zero-order valence-electron chi connectivity index (χ0n) is 8.24. The molecule has 1 saturated carbocycles. The summed E-state index contributed by atoms with van der Waals surface area (Å²) in [4.78, 5) is 13.9. The van der Waals surface area contributed by atoms with Crippen molar-refractivity contribution in [2.45, 2.75) is 24.9 Å². The number of amides is 1. The van der Waals surface area contributed by atoms with Crippen molar-refractivity contribution in [1.29, 1.82) is 0 Å². The fraction of sp³-hybridized carbons (Fsp3) is 0.900. The molecule has 1 aliphatic carbocycles. The lowest BCUT2D eigenvalue weighted by Crippen LogP contribution is -2.49.